The molecule has 23 heavy (non-hydrogen) atoms. The van der Waals surface area contributed by atoms with Gasteiger partial charge < -0.3 is 9.64 Å². The molecule has 0 saturated carbocycles. The molecule has 6 nitrogen and oxygen atoms in total. The van der Waals surface area contributed by atoms with Crippen LogP contribution >= 0.6 is 0 Å². The molecule has 1 atom stereocenters. The van der Waals surface area contributed by atoms with E-state index in [2.05, 4.69) is 4.72 Å². The van der Waals surface area contributed by atoms with Gasteiger partial charge in [0, 0.05) is 25.6 Å². The summed E-state index contributed by atoms with van der Waals surface area (Å²) in [6.07, 6.45) is 0.952. The second-order valence-corrected chi connectivity index (χ2v) is 7.64. The molecule has 128 valence electrons. The van der Waals surface area contributed by atoms with Gasteiger partial charge in [-0.1, -0.05) is 12.1 Å². The number of carbonyl (C=O) groups excluding carboxylic acids is 1. The van der Waals surface area contributed by atoms with Gasteiger partial charge in [-0.3, -0.25) is 9.52 Å². The average Bonchev–Trinajstić information content (AvgIpc) is 3.05. The fraction of sp³-hybridized carbons (Fsp3) is 0.562. The number of sulfonamides is 1. The van der Waals surface area contributed by atoms with Crippen LogP contribution in [0.5, 0.6) is 0 Å². The molecule has 1 fully saturated rings. The molecule has 1 aromatic carbocycles. The maximum absolute atomic E-state index is 12.8. The topological polar surface area (TPSA) is 75.7 Å². The van der Waals surface area contributed by atoms with Crippen molar-refractivity contribution in [3.63, 3.8) is 0 Å². The number of hydrogen-bond donors (Lipinski definition) is 1. The van der Waals surface area contributed by atoms with Crippen molar-refractivity contribution < 1.29 is 17.9 Å². The number of rotatable bonds is 7. The number of para-hydroxylation sites is 1. The lowest BCUT2D eigenvalue weighted by molar-refractivity contribution is 0.0732. The van der Waals surface area contributed by atoms with Gasteiger partial charge in [-0.25, -0.2) is 8.42 Å². The van der Waals surface area contributed by atoms with Gasteiger partial charge in [-0.15, -0.1) is 0 Å². The Morgan fingerprint density at radius 3 is 2.70 bits per heavy atom. The predicted molar refractivity (Wildman–Crippen MR) is 90.0 cm³/mol. The van der Waals surface area contributed by atoms with E-state index in [1.807, 2.05) is 6.92 Å². The van der Waals surface area contributed by atoms with Gasteiger partial charge >= 0.3 is 0 Å². The third-order valence-electron chi connectivity index (χ3n) is 3.97. The van der Waals surface area contributed by atoms with Gasteiger partial charge in [-0.05, 0) is 32.4 Å². The number of anilines is 1. The summed E-state index contributed by atoms with van der Waals surface area (Å²) in [6, 6.07) is 6.73. The summed E-state index contributed by atoms with van der Waals surface area (Å²) < 4.78 is 31.5. The highest BCUT2D eigenvalue weighted by Gasteiger charge is 2.24. The molecule has 0 aliphatic carbocycles. The van der Waals surface area contributed by atoms with Crippen molar-refractivity contribution in [1.82, 2.24) is 4.90 Å². The van der Waals surface area contributed by atoms with Crippen LogP contribution in [-0.2, 0) is 14.8 Å². The van der Waals surface area contributed by atoms with Crippen molar-refractivity contribution >= 4 is 21.6 Å². The van der Waals surface area contributed by atoms with Crippen LogP contribution in [0, 0.1) is 5.92 Å². The molecule has 1 aromatic rings. The molecule has 0 aromatic heterocycles. The van der Waals surface area contributed by atoms with E-state index in [4.69, 9.17) is 4.74 Å². The number of amides is 1. The number of benzene rings is 1. The Balaban J connectivity index is 2.20. The Morgan fingerprint density at radius 2 is 2.09 bits per heavy atom. The lowest BCUT2D eigenvalue weighted by Gasteiger charge is -2.25. The van der Waals surface area contributed by atoms with Gasteiger partial charge in [-0.2, -0.15) is 0 Å². The van der Waals surface area contributed by atoms with Crippen LogP contribution in [0.3, 0.4) is 0 Å². The Kier molecular flexibility index (Phi) is 6.01. The van der Waals surface area contributed by atoms with Crippen LogP contribution in [0.2, 0.25) is 0 Å². The largest absolute Gasteiger partial charge is 0.381 e. The third kappa shape index (κ3) is 4.68. The van der Waals surface area contributed by atoms with Crippen LogP contribution in [0.4, 0.5) is 5.69 Å². The van der Waals surface area contributed by atoms with Crippen molar-refractivity contribution in [2.24, 2.45) is 5.92 Å². The molecular weight excluding hydrogens is 316 g/mol. The average molecular weight is 340 g/mol. The molecule has 0 radical (unpaired) electrons. The van der Waals surface area contributed by atoms with Gasteiger partial charge in [0.2, 0.25) is 10.0 Å². The van der Waals surface area contributed by atoms with Gasteiger partial charge in [0.15, 0.2) is 0 Å². The molecule has 7 heteroatoms. The van der Waals surface area contributed by atoms with E-state index < -0.39 is 10.0 Å². The molecule has 1 heterocycles. The summed E-state index contributed by atoms with van der Waals surface area (Å²) in [6.45, 7) is 6.10. The smallest absolute Gasteiger partial charge is 0.255 e. The molecule has 1 N–H and O–H groups in total. The van der Waals surface area contributed by atoms with Gasteiger partial charge in [0.1, 0.15) is 0 Å². The molecule has 2 rings (SSSR count). The minimum Gasteiger partial charge on any atom is -0.381 e. The van der Waals surface area contributed by atoms with E-state index >= 15 is 0 Å². The highest BCUT2D eigenvalue weighted by Crippen LogP contribution is 2.21. The minimum atomic E-state index is -3.42. The van der Waals surface area contributed by atoms with E-state index in [1.165, 1.54) is 0 Å². The van der Waals surface area contributed by atoms with E-state index in [0.29, 0.717) is 36.9 Å². The van der Waals surface area contributed by atoms with E-state index in [0.717, 1.165) is 13.0 Å². The summed E-state index contributed by atoms with van der Waals surface area (Å²) in [7, 11) is -3.42. The van der Waals surface area contributed by atoms with Crippen LogP contribution in [0.1, 0.15) is 30.6 Å². The SMILES string of the molecule is CCN(C[C@H]1CCOC1)C(=O)c1ccccc1NS(=O)(=O)CC. The molecule has 1 saturated heterocycles. The second-order valence-electron chi connectivity index (χ2n) is 5.62. The molecule has 0 spiro atoms. The number of ether oxygens (including phenoxy) is 1. The third-order valence-corrected chi connectivity index (χ3v) is 5.27. The number of nitrogens with one attached hydrogen (secondary N) is 1. The van der Waals surface area contributed by atoms with Crippen molar-refractivity contribution in [1.29, 1.82) is 0 Å². The van der Waals surface area contributed by atoms with Crippen LogP contribution < -0.4 is 4.72 Å². The van der Waals surface area contributed by atoms with Crippen LogP contribution in [0.25, 0.3) is 0 Å². The number of nitrogens with zero attached hydrogens (tertiary/aromatic N) is 1. The standard InChI is InChI=1S/C16H24N2O4S/c1-3-18(11-13-9-10-22-12-13)16(19)14-7-5-6-8-15(14)17-23(20,21)4-2/h5-8,13,17H,3-4,9-12H2,1-2H3/t13-/m1/s1. The zero-order valence-electron chi connectivity index (χ0n) is 13.6. The fourth-order valence-electron chi connectivity index (χ4n) is 2.56. The van der Waals surface area contributed by atoms with Crippen molar-refractivity contribution in [3.05, 3.63) is 29.8 Å². The van der Waals surface area contributed by atoms with Crippen LogP contribution in [-0.4, -0.2) is 51.3 Å². The molecule has 1 amide bonds. The van der Waals surface area contributed by atoms with Gasteiger partial charge in [0.05, 0.1) is 23.6 Å². The summed E-state index contributed by atoms with van der Waals surface area (Å²) in [4.78, 5) is 14.6. The summed E-state index contributed by atoms with van der Waals surface area (Å²) in [5.41, 5.74) is 0.714. The maximum Gasteiger partial charge on any atom is 0.255 e. The fourth-order valence-corrected chi connectivity index (χ4v) is 3.22. The first-order valence-corrected chi connectivity index (χ1v) is 9.58. The van der Waals surface area contributed by atoms with Crippen molar-refractivity contribution in [2.75, 3.05) is 36.8 Å². The first-order chi connectivity index (χ1) is 11.0. The van der Waals surface area contributed by atoms with E-state index in [9.17, 15) is 13.2 Å². The molecule has 1 aliphatic rings. The quantitative estimate of drug-likeness (QED) is 0.823. The summed E-state index contributed by atoms with van der Waals surface area (Å²) in [5.74, 6) is 0.152. The summed E-state index contributed by atoms with van der Waals surface area (Å²) in [5, 5.41) is 0. The highest BCUT2D eigenvalue weighted by atomic mass is 32.2. The maximum atomic E-state index is 12.8. The Labute approximate surface area is 137 Å². The lowest BCUT2D eigenvalue weighted by atomic mass is 10.1. The zero-order chi connectivity index (χ0) is 16.9. The first kappa shape index (κ1) is 17.7. The zero-order valence-corrected chi connectivity index (χ0v) is 14.4. The van der Waals surface area contributed by atoms with E-state index in [1.54, 1.807) is 36.1 Å². The Bertz CT molecular complexity index is 639. The van der Waals surface area contributed by atoms with Crippen molar-refractivity contribution in [3.8, 4) is 0 Å². The molecular formula is C16H24N2O4S. The first-order valence-electron chi connectivity index (χ1n) is 7.93. The predicted octanol–water partition coefficient (Wildman–Crippen LogP) is 1.95. The highest BCUT2D eigenvalue weighted by molar-refractivity contribution is 7.92. The molecule has 1 aliphatic heterocycles. The number of carbonyl (C=O) groups is 1. The minimum absolute atomic E-state index is 0.0353. The Morgan fingerprint density at radius 1 is 1.35 bits per heavy atom. The summed E-state index contributed by atoms with van der Waals surface area (Å²) >= 11 is 0. The van der Waals surface area contributed by atoms with Crippen molar-refractivity contribution in [2.45, 2.75) is 20.3 Å². The molecule has 0 unspecified atom stereocenters. The lowest BCUT2D eigenvalue weighted by Crippen LogP contribution is -2.36. The monoisotopic (exact) mass is 340 g/mol. The van der Waals surface area contributed by atoms with E-state index in [-0.39, 0.29) is 11.7 Å². The Hall–Kier alpha value is -1.60. The molecule has 0 bridgehead atoms. The number of hydrogen-bond acceptors (Lipinski definition) is 4. The normalized spacial score (nSPS) is 17.9. The second kappa shape index (κ2) is 7.79. The van der Waals surface area contributed by atoms with Gasteiger partial charge in [0.25, 0.3) is 5.91 Å². The van der Waals surface area contributed by atoms with Crippen LogP contribution in [0.15, 0.2) is 24.3 Å².